The first-order chi connectivity index (χ1) is 12.5. The maximum atomic E-state index is 13.0. The van der Waals surface area contributed by atoms with Crippen molar-refractivity contribution < 1.29 is 21.6 Å². The predicted octanol–water partition coefficient (Wildman–Crippen LogP) is 2.74. The summed E-state index contributed by atoms with van der Waals surface area (Å²) in [5, 5.41) is 0. The molecule has 0 radical (unpaired) electrons. The van der Waals surface area contributed by atoms with E-state index in [1.54, 1.807) is 14.1 Å². The standard InChI is InChI=1S/C16H15F3N4O3S/c1-23(2)14-6-3-9(16(17,18)19)7-13(14)22-27(25,26)10-4-5-11-12(8-10)21-15(24)20-11/h3-8,22H,1-2H3,(H2,20,21,24). The Morgan fingerprint density at radius 3 is 2.30 bits per heavy atom. The van der Waals surface area contributed by atoms with Crippen molar-refractivity contribution in [2.75, 3.05) is 23.7 Å². The fraction of sp³-hybridized carbons (Fsp3) is 0.188. The molecule has 3 N–H and O–H groups in total. The van der Waals surface area contributed by atoms with Gasteiger partial charge >= 0.3 is 11.9 Å². The van der Waals surface area contributed by atoms with Gasteiger partial charge < -0.3 is 14.9 Å². The van der Waals surface area contributed by atoms with E-state index < -0.39 is 27.5 Å². The van der Waals surface area contributed by atoms with Gasteiger partial charge in [-0.15, -0.1) is 0 Å². The van der Waals surface area contributed by atoms with Gasteiger partial charge in [-0.25, -0.2) is 13.2 Å². The summed E-state index contributed by atoms with van der Waals surface area (Å²) in [4.78, 5) is 17.5. The summed E-state index contributed by atoms with van der Waals surface area (Å²) in [6.45, 7) is 0. The molecule has 0 bridgehead atoms. The van der Waals surface area contributed by atoms with Crippen LogP contribution in [0.2, 0.25) is 0 Å². The molecule has 3 aromatic rings. The van der Waals surface area contributed by atoms with Crippen molar-refractivity contribution >= 4 is 32.4 Å². The maximum Gasteiger partial charge on any atom is 0.416 e. The van der Waals surface area contributed by atoms with Gasteiger partial charge in [0.05, 0.1) is 32.9 Å². The van der Waals surface area contributed by atoms with Gasteiger partial charge in [0.15, 0.2) is 0 Å². The lowest BCUT2D eigenvalue weighted by Crippen LogP contribution is -2.18. The summed E-state index contributed by atoms with van der Waals surface area (Å²) in [5.74, 6) is 0. The lowest BCUT2D eigenvalue weighted by Gasteiger charge is -2.20. The van der Waals surface area contributed by atoms with Crippen LogP contribution < -0.4 is 15.3 Å². The fourth-order valence-corrected chi connectivity index (χ4v) is 3.66. The highest BCUT2D eigenvalue weighted by atomic mass is 32.2. The Bertz CT molecular complexity index is 1160. The lowest BCUT2D eigenvalue weighted by atomic mass is 10.1. The number of nitrogens with one attached hydrogen (secondary N) is 3. The average Bonchev–Trinajstić information content (AvgIpc) is 2.92. The molecule has 0 saturated carbocycles. The Hall–Kier alpha value is -2.95. The number of hydrogen-bond acceptors (Lipinski definition) is 4. The van der Waals surface area contributed by atoms with Crippen LogP contribution >= 0.6 is 0 Å². The van der Waals surface area contributed by atoms with Gasteiger partial charge in [-0.1, -0.05) is 0 Å². The third-order valence-corrected chi connectivity index (χ3v) is 5.21. The number of benzene rings is 2. The third-order valence-electron chi connectivity index (χ3n) is 3.85. The number of aromatic amines is 2. The molecule has 144 valence electrons. The molecule has 0 fully saturated rings. The van der Waals surface area contributed by atoms with E-state index in [2.05, 4.69) is 14.7 Å². The average molecular weight is 400 g/mol. The molecule has 0 spiro atoms. The summed E-state index contributed by atoms with van der Waals surface area (Å²) in [7, 11) is -1.03. The second kappa shape index (κ2) is 6.34. The van der Waals surface area contributed by atoms with Crippen LogP contribution in [-0.2, 0) is 16.2 Å². The Balaban J connectivity index is 2.06. The highest BCUT2D eigenvalue weighted by Crippen LogP contribution is 2.35. The van der Waals surface area contributed by atoms with Crippen LogP contribution in [0.5, 0.6) is 0 Å². The number of rotatable bonds is 4. The van der Waals surface area contributed by atoms with E-state index in [4.69, 9.17) is 0 Å². The van der Waals surface area contributed by atoms with E-state index in [1.807, 2.05) is 0 Å². The second-order valence-corrected chi connectivity index (χ2v) is 7.70. The van der Waals surface area contributed by atoms with Gasteiger partial charge in [0.2, 0.25) is 0 Å². The van der Waals surface area contributed by atoms with Crippen molar-refractivity contribution in [1.82, 2.24) is 9.97 Å². The van der Waals surface area contributed by atoms with Crippen molar-refractivity contribution in [1.29, 1.82) is 0 Å². The number of aromatic nitrogens is 2. The van der Waals surface area contributed by atoms with Crippen LogP contribution in [0.4, 0.5) is 24.5 Å². The number of hydrogen-bond donors (Lipinski definition) is 3. The van der Waals surface area contributed by atoms with E-state index >= 15 is 0 Å². The quantitative estimate of drug-likeness (QED) is 0.627. The predicted molar refractivity (Wildman–Crippen MR) is 95.5 cm³/mol. The van der Waals surface area contributed by atoms with E-state index in [0.29, 0.717) is 5.52 Å². The van der Waals surface area contributed by atoms with Crippen molar-refractivity contribution in [3.63, 3.8) is 0 Å². The zero-order chi connectivity index (χ0) is 20.0. The maximum absolute atomic E-state index is 13.0. The Morgan fingerprint density at radius 1 is 1.00 bits per heavy atom. The number of anilines is 2. The van der Waals surface area contributed by atoms with Gasteiger partial charge in [-0.2, -0.15) is 13.2 Å². The number of alkyl halides is 3. The van der Waals surface area contributed by atoms with Crippen LogP contribution in [0.3, 0.4) is 0 Å². The van der Waals surface area contributed by atoms with Crippen molar-refractivity contribution in [3.05, 3.63) is 52.4 Å². The van der Waals surface area contributed by atoms with Crippen LogP contribution in [0.25, 0.3) is 11.0 Å². The smallest absolute Gasteiger partial charge is 0.376 e. The molecule has 0 saturated heterocycles. The SMILES string of the molecule is CN(C)c1ccc(C(F)(F)F)cc1NS(=O)(=O)c1ccc2[nH]c(=O)[nH]c2c1. The van der Waals surface area contributed by atoms with Crippen LogP contribution in [0, 0.1) is 0 Å². The van der Waals surface area contributed by atoms with E-state index in [1.165, 1.54) is 29.2 Å². The molecule has 0 amide bonds. The van der Waals surface area contributed by atoms with Crippen LogP contribution in [0.15, 0.2) is 46.1 Å². The first kappa shape index (κ1) is 18.8. The van der Waals surface area contributed by atoms with Gasteiger partial charge in [-0.3, -0.25) is 4.72 Å². The molecule has 0 unspecified atom stereocenters. The number of imidazole rings is 1. The van der Waals surface area contributed by atoms with Gasteiger partial charge in [0.1, 0.15) is 0 Å². The van der Waals surface area contributed by atoms with Gasteiger partial charge in [-0.05, 0) is 36.4 Å². The van der Waals surface area contributed by atoms with E-state index in [9.17, 15) is 26.4 Å². The Labute approximate surface area is 151 Å². The molecule has 0 aliphatic heterocycles. The van der Waals surface area contributed by atoms with E-state index in [0.717, 1.165) is 12.1 Å². The number of nitrogens with zero attached hydrogens (tertiary/aromatic N) is 1. The minimum Gasteiger partial charge on any atom is -0.376 e. The van der Waals surface area contributed by atoms with Crippen molar-refractivity contribution in [2.24, 2.45) is 0 Å². The zero-order valence-electron chi connectivity index (χ0n) is 14.2. The minimum absolute atomic E-state index is 0.202. The third kappa shape index (κ3) is 3.77. The summed E-state index contributed by atoms with van der Waals surface area (Å²) in [6, 6.07) is 6.66. The Morgan fingerprint density at radius 2 is 1.67 bits per heavy atom. The molecule has 11 heteroatoms. The summed E-state index contributed by atoms with van der Waals surface area (Å²) >= 11 is 0. The zero-order valence-corrected chi connectivity index (χ0v) is 15.0. The molecule has 3 rings (SSSR count). The van der Waals surface area contributed by atoms with Gasteiger partial charge in [0, 0.05) is 14.1 Å². The highest BCUT2D eigenvalue weighted by molar-refractivity contribution is 7.92. The monoisotopic (exact) mass is 400 g/mol. The summed E-state index contributed by atoms with van der Waals surface area (Å²) in [5.41, 5.74) is -0.747. The number of halogens is 3. The first-order valence-corrected chi connectivity index (χ1v) is 9.09. The summed E-state index contributed by atoms with van der Waals surface area (Å²) < 4.78 is 66.6. The number of sulfonamides is 1. The normalized spacial score (nSPS) is 12.3. The lowest BCUT2D eigenvalue weighted by molar-refractivity contribution is -0.137. The highest BCUT2D eigenvalue weighted by Gasteiger charge is 2.31. The fourth-order valence-electron chi connectivity index (χ4n) is 2.57. The molecular weight excluding hydrogens is 385 g/mol. The molecule has 27 heavy (non-hydrogen) atoms. The van der Waals surface area contributed by atoms with Crippen molar-refractivity contribution in [3.8, 4) is 0 Å². The topological polar surface area (TPSA) is 98.1 Å². The minimum atomic E-state index is -4.62. The van der Waals surface area contributed by atoms with Gasteiger partial charge in [0.25, 0.3) is 10.0 Å². The molecule has 2 aromatic carbocycles. The molecule has 0 atom stereocenters. The second-order valence-electron chi connectivity index (χ2n) is 6.02. The Kier molecular flexibility index (Phi) is 4.42. The van der Waals surface area contributed by atoms with Crippen molar-refractivity contribution in [2.45, 2.75) is 11.1 Å². The molecule has 7 nitrogen and oxygen atoms in total. The van der Waals surface area contributed by atoms with Crippen LogP contribution in [0.1, 0.15) is 5.56 Å². The molecule has 1 aromatic heterocycles. The molecular formula is C16H15F3N4O3S. The molecule has 0 aliphatic rings. The van der Waals surface area contributed by atoms with Crippen LogP contribution in [-0.4, -0.2) is 32.5 Å². The summed E-state index contributed by atoms with van der Waals surface area (Å²) in [6.07, 6.45) is -4.62. The molecule has 0 aliphatic carbocycles. The largest absolute Gasteiger partial charge is 0.416 e. The number of H-pyrrole nitrogens is 2. The van der Waals surface area contributed by atoms with E-state index in [-0.39, 0.29) is 21.8 Å². The molecule has 1 heterocycles. The number of fused-ring (bicyclic) bond motifs is 1. The first-order valence-electron chi connectivity index (χ1n) is 7.61.